The molecule has 1 aromatic carbocycles. The van der Waals surface area contributed by atoms with E-state index in [1.165, 1.54) is 0 Å². The van der Waals surface area contributed by atoms with Crippen molar-refractivity contribution in [3.05, 3.63) is 41.7 Å². The van der Waals surface area contributed by atoms with Crippen LogP contribution < -0.4 is 14.5 Å². The molecule has 0 spiro atoms. The van der Waals surface area contributed by atoms with Crippen LogP contribution in [0.1, 0.15) is 0 Å². The molecular formula is C15H17ClN4O. The average molecular weight is 305 g/mol. The quantitative estimate of drug-likeness (QED) is 0.871. The van der Waals surface area contributed by atoms with Gasteiger partial charge in [0.1, 0.15) is 0 Å². The van der Waals surface area contributed by atoms with E-state index in [9.17, 15) is 0 Å². The Labute approximate surface area is 129 Å². The lowest BCUT2D eigenvalue weighted by Gasteiger charge is -2.36. The number of aromatic nitrogens is 2. The second-order valence-electron chi connectivity index (χ2n) is 4.85. The van der Waals surface area contributed by atoms with E-state index >= 15 is 0 Å². The van der Waals surface area contributed by atoms with Gasteiger partial charge in [-0.2, -0.15) is 0 Å². The average Bonchev–Trinajstić information content (AvgIpc) is 2.56. The summed E-state index contributed by atoms with van der Waals surface area (Å²) < 4.78 is 5.08. The Morgan fingerprint density at radius 2 is 1.62 bits per heavy atom. The van der Waals surface area contributed by atoms with Crippen molar-refractivity contribution in [3.63, 3.8) is 0 Å². The Bertz CT molecular complexity index is 597. The standard InChI is InChI=1S/C15H17ClN4O/c1-21-12-10-17-15(18-11-12)20-8-6-19(7-9-20)14-5-3-2-4-13(14)16/h2-5,10-11H,6-9H2,1H3. The highest BCUT2D eigenvalue weighted by atomic mass is 35.5. The van der Waals surface area contributed by atoms with E-state index in [4.69, 9.17) is 16.3 Å². The van der Waals surface area contributed by atoms with Crippen LogP contribution in [-0.4, -0.2) is 43.3 Å². The van der Waals surface area contributed by atoms with Crippen LogP contribution in [0, 0.1) is 0 Å². The minimum atomic E-state index is 0.674. The number of benzene rings is 1. The summed E-state index contributed by atoms with van der Waals surface area (Å²) >= 11 is 6.25. The molecule has 2 aromatic rings. The maximum atomic E-state index is 6.25. The number of methoxy groups -OCH3 is 1. The maximum absolute atomic E-state index is 6.25. The van der Waals surface area contributed by atoms with Gasteiger partial charge in [0.25, 0.3) is 0 Å². The van der Waals surface area contributed by atoms with Crippen molar-refractivity contribution in [2.45, 2.75) is 0 Å². The molecule has 1 aliphatic heterocycles. The molecule has 0 unspecified atom stereocenters. The number of hydrogen-bond donors (Lipinski definition) is 0. The van der Waals surface area contributed by atoms with Crippen molar-refractivity contribution in [1.29, 1.82) is 0 Å². The number of hydrogen-bond acceptors (Lipinski definition) is 5. The van der Waals surface area contributed by atoms with Crippen molar-refractivity contribution in [2.24, 2.45) is 0 Å². The lowest BCUT2D eigenvalue weighted by Crippen LogP contribution is -2.47. The van der Waals surface area contributed by atoms with Crippen molar-refractivity contribution < 1.29 is 4.74 Å². The van der Waals surface area contributed by atoms with E-state index in [-0.39, 0.29) is 0 Å². The van der Waals surface area contributed by atoms with E-state index in [2.05, 4.69) is 25.8 Å². The van der Waals surface area contributed by atoms with E-state index in [1.54, 1.807) is 19.5 Å². The molecule has 0 radical (unpaired) electrons. The second-order valence-corrected chi connectivity index (χ2v) is 5.26. The zero-order chi connectivity index (χ0) is 14.7. The molecule has 21 heavy (non-hydrogen) atoms. The van der Waals surface area contributed by atoms with Gasteiger partial charge in [-0.05, 0) is 12.1 Å². The Morgan fingerprint density at radius 1 is 1.00 bits per heavy atom. The van der Waals surface area contributed by atoms with Crippen molar-refractivity contribution in [2.75, 3.05) is 43.1 Å². The van der Waals surface area contributed by atoms with Crippen molar-refractivity contribution in [3.8, 4) is 5.75 Å². The lowest BCUT2D eigenvalue weighted by atomic mass is 10.2. The van der Waals surface area contributed by atoms with Crippen LogP contribution in [-0.2, 0) is 0 Å². The van der Waals surface area contributed by atoms with Gasteiger partial charge in [0.2, 0.25) is 5.95 Å². The van der Waals surface area contributed by atoms with E-state index in [0.29, 0.717) is 5.75 Å². The van der Waals surface area contributed by atoms with Gasteiger partial charge in [0, 0.05) is 26.2 Å². The second kappa shape index (κ2) is 6.18. The normalized spacial score (nSPS) is 15.1. The summed E-state index contributed by atoms with van der Waals surface area (Å²) in [5.41, 5.74) is 1.09. The van der Waals surface area contributed by atoms with E-state index < -0.39 is 0 Å². The van der Waals surface area contributed by atoms with Gasteiger partial charge in [-0.3, -0.25) is 0 Å². The van der Waals surface area contributed by atoms with Gasteiger partial charge in [-0.25, -0.2) is 9.97 Å². The zero-order valence-electron chi connectivity index (χ0n) is 11.9. The summed E-state index contributed by atoms with van der Waals surface area (Å²) in [5.74, 6) is 1.42. The number of rotatable bonds is 3. The topological polar surface area (TPSA) is 41.5 Å². The Balaban J connectivity index is 1.66. The number of halogens is 1. The Kier molecular flexibility index (Phi) is 4.10. The lowest BCUT2D eigenvalue weighted by molar-refractivity contribution is 0.410. The molecule has 0 atom stereocenters. The molecule has 0 amide bonds. The van der Waals surface area contributed by atoms with Crippen LogP contribution in [0.3, 0.4) is 0 Å². The van der Waals surface area contributed by atoms with Gasteiger partial charge >= 0.3 is 0 Å². The molecule has 1 aliphatic rings. The van der Waals surface area contributed by atoms with Crippen LogP contribution in [0.25, 0.3) is 0 Å². The largest absolute Gasteiger partial charge is 0.494 e. The minimum absolute atomic E-state index is 0.674. The molecule has 1 fully saturated rings. The van der Waals surface area contributed by atoms with Crippen LogP contribution in [0.15, 0.2) is 36.7 Å². The molecule has 110 valence electrons. The molecule has 0 N–H and O–H groups in total. The summed E-state index contributed by atoms with van der Waals surface area (Å²) in [7, 11) is 1.61. The number of nitrogens with zero attached hydrogens (tertiary/aromatic N) is 4. The molecule has 0 aliphatic carbocycles. The first-order valence-corrected chi connectivity index (χ1v) is 7.26. The van der Waals surface area contributed by atoms with Crippen LogP contribution in [0.2, 0.25) is 5.02 Å². The van der Waals surface area contributed by atoms with Gasteiger partial charge in [0.15, 0.2) is 5.75 Å². The van der Waals surface area contributed by atoms with Crippen molar-refractivity contribution in [1.82, 2.24) is 9.97 Å². The highest BCUT2D eigenvalue weighted by Gasteiger charge is 2.20. The highest BCUT2D eigenvalue weighted by Crippen LogP contribution is 2.26. The molecule has 2 heterocycles. The summed E-state index contributed by atoms with van der Waals surface area (Å²) in [6.07, 6.45) is 3.39. The third kappa shape index (κ3) is 3.03. The fraction of sp³-hybridized carbons (Fsp3) is 0.333. The first-order valence-electron chi connectivity index (χ1n) is 6.88. The zero-order valence-corrected chi connectivity index (χ0v) is 12.6. The van der Waals surface area contributed by atoms with E-state index in [0.717, 1.165) is 42.8 Å². The fourth-order valence-electron chi connectivity index (χ4n) is 2.43. The third-order valence-corrected chi connectivity index (χ3v) is 3.93. The summed E-state index contributed by atoms with van der Waals surface area (Å²) in [6.45, 7) is 3.55. The number of piperazine rings is 1. The van der Waals surface area contributed by atoms with E-state index in [1.807, 2.05) is 18.2 Å². The molecule has 1 saturated heterocycles. The Hall–Kier alpha value is -2.01. The molecule has 0 bridgehead atoms. The summed E-state index contributed by atoms with van der Waals surface area (Å²) in [4.78, 5) is 13.1. The summed E-state index contributed by atoms with van der Waals surface area (Å²) in [5, 5.41) is 0.798. The Morgan fingerprint density at radius 3 is 2.24 bits per heavy atom. The first-order chi connectivity index (χ1) is 10.3. The van der Waals surface area contributed by atoms with Gasteiger partial charge < -0.3 is 14.5 Å². The van der Waals surface area contributed by atoms with Crippen LogP contribution in [0.5, 0.6) is 5.75 Å². The first kappa shape index (κ1) is 13.9. The number of para-hydroxylation sites is 1. The van der Waals surface area contributed by atoms with Gasteiger partial charge in [-0.1, -0.05) is 23.7 Å². The fourth-order valence-corrected chi connectivity index (χ4v) is 2.69. The molecular weight excluding hydrogens is 288 g/mol. The molecule has 6 heteroatoms. The van der Waals surface area contributed by atoms with Gasteiger partial charge in [-0.15, -0.1) is 0 Å². The van der Waals surface area contributed by atoms with Crippen molar-refractivity contribution >= 4 is 23.2 Å². The maximum Gasteiger partial charge on any atom is 0.225 e. The van der Waals surface area contributed by atoms with Crippen LogP contribution in [0.4, 0.5) is 11.6 Å². The number of ether oxygens (including phenoxy) is 1. The SMILES string of the molecule is COc1cnc(N2CCN(c3ccccc3Cl)CC2)nc1. The highest BCUT2D eigenvalue weighted by molar-refractivity contribution is 6.33. The number of anilines is 2. The minimum Gasteiger partial charge on any atom is -0.494 e. The predicted molar refractivity (Wildman–Crippen MR) is 84.5 cm³/mol. The molecule has 1 aromatic heterocycles. The predicted octanol–water partition coefficient (Wildman–Crippen LogP) is 2.47. The van der Waals surface area contributed by atoms with Gasteiger partial charge in [0.05, 0.1) is 30.2 Å². The van der Waals surface area contributed by atoms with Crippen LogP contribution >= 0.6 is 11.6 Å². The summed E-state index contributed by atoms with van der Waals surface area (Å²) in [6, 6.07) is 7.95. The molecule has 0 saturated carbocycles. The molecule has 5 nitrogen and oxygen atoms in total. The molecule has 3 rings (SSSR count). The third-order valence-electron chi connectivity index (χ3n) is 3.61. The smallest absolute Gasteiger partial charge is 0.225 e. The monoisotopic (exact) mass is 304 g/mol.